The number of aromatic nitrogens is 2. The van der Waals surface area contributed by atoms with Crippen LogP contribution < -0.4 is 0 Å². The molecule has 1 unspecified atom stereocenters. The Labute approximate surface area is 296 Å². The minimum atomic E-state index is -0.306. The van der Waals surface area contributed by atoms with Gasteiger partial charge in [-0.3, -0.25) is 0 Å². The molecule has 51 heavy (non-hydrogen) atoms. The molecule has 0 saturated heterocycles. The standard InChI is InChI=1S/C48H32N2O/c1-48(33-17-6-3-7-18-33)40-24-12-10-20-35(40)36-28-27-32(29-41(36)48)42-30-43(50-47(49-42)31-15-4-2-5-16-31)37-21-9-8-19-34(37)38-23-14-26-45-46(38)39-22-11-13-25-44(39)51-45/h2-30H,1H3. The molecule has 7 aromatic carbocycles. The van der Waals surface area contributed by atoms with Crippen LogP contribution in [0.4, 0.5) is 0 Å². The molecule has 0 saturated carbocycles. The maximum Gasteiger partial charge on any atom is 0.160 e. The third-order valence-corrected chi connectivity index (χ3v) is 10.6. The van der Waals surface area contributed by atoms with Crippen molar-refractivity contribution in [1.82, 2.24) is 9.97 Å². The van der Waals surface area contributed by atoms with Crippen molar-refractivity contribution in [3.05, 3.63) is 193 Å². The summed E-state index contributed by atoms with van der Waals surface area (Å²) in [6.45, 7) is 2.36. The lowest BCUT2D eigenvalue weighted by Gasteiger charge is -2.28. The van der Waals surface area contributed by atoms with E-state index in [0.717, 1.165) is 61.1 Å². The molecular formula is C48H32N2O. The normalized spacial score (nSPS) is 14.8. The number of benzene rings is 7. The first kappa shape index (κ1) is 29.3. The molecule has 2 aromatic heterocycles. The maximum atomic E-state index is 6.30. The van der Waals surface area contributed by atoms with Crippen LogP contribution in [0.5, 0.6) is 0 Å². The van der Waals surface area contributed by atoms with Gasteiger partial charge in [0.1, 0.15) is 11.2 Å². The van der Waals surface area contributed by atoms with Gasteiger partial charge in [-0.05, 0) is 70.1 Å². The second-order valence-electron chi connectivity index (χ2n) is 13.4. The fourth-order valence-electron chi connectivity index (χ4n) is 8.12. The van der Waals surface area contributed by atoms with Crippen LogP contribution >= 0.6 is 0 Å². The lowest BCUT2D eigenvalue weighted by molar-refractivity contribution is 0.669. The lowest BCUT2D eigenvalue weighted by Crippen LogP contribution is -2.22. The highest BCUT2D eigenvalue weighted by atomic mass is 16.3. The Morgan fingerprint density at radius 1 is 0.431 bits per heavy atom. The number of furan rings is 1. The largest absolute Gasteiger partial charge is 0.456 e. The smallest absolute Gasteiger partial charge is 0.160 e. The average Bonchev–Trinajstić information content (AvgIpc) is 3.72. The first-order valence-electron chi connectivity index (χ1n) is 17.4. The minimum Gasteiger partial charge on any atom is -0.456 e. The van der Waals surface area contributed by atoms with Gasteiger partial charge in [0, 0.05) is 32.9 Å². The third-order valence-electron chi connectivity index (χ3n) is 10.6. The van der Waals surface area contributed by atoms with Crippen LogP contribution in [0, 0.1) is 0 Å². The summed E-state index contributed by atoms with van der Waals surface area (Å²) >= 11 is 0. The second-order valence-corrected chi connectivity index (χ2v) is 13.4. The minimum absolute atomic E-state index is 0.306. The molecule has 0 N–H and O–H groups in total. The van der Waals surface area contributed by atoms with Crippen molar-refractivity contribution in [3.8, 4) is 56.2 Å². The van der Waals surface area contributed by atoms with Crippen molar-refractivity contribution in [3.63, 3.8) is 0 Å². The van der Waals surface area contributed by atoms with Crippen LogP contribution in [0.2, 0.25) is 0 Å². The molecule has 0 aliphatic heterocycles. The fraction of sp³-hybridized carbons (Fsp3) is 0.0417. The summed E-state index contributed by atoms with van der Waals surface area (Å²) in [5.41, 5.74) is 14.9. The SMILES string of the molecule is CC1(c2ccccc2)c2ccccc2-c2ccc(-c3cc(-c4ccccc4-c4cccc5oc6ccccc6c45)nc(-c4ccccc4)n3)cc21. The number of hydrogen-bond acceptors (Lipinski definition) is 3. The summed E-state index contributed by atoms with van der Waals surface area (Å²) in [6, 6.07) is 62.1. The van der Waals surface area contributed by atoms with Gasteiger partial charge in [-0.2, -0.15) is 0 Å². The second kappa shape index (κ2) is 11.5. The molecule has 1 aliphatic carbocycles. The highest BCUT2D eigenvalue weighted by molar-refractivity contribution is 6.13. The van der Waals surface area contributed by atoms with E-state index in [1.54, 1.807) is 0 Å². The van der Waals surface area contributed by atoms with E-state index < -0.39 is 0 Å². The van der Waals surface area contributed by atoms with Crippen molar-refractivity contribution in [2.45, 2.75) is 12.3 Å². The van der Waals surface area contributed by atoms with Crippen LogP contribution in [-0.2, 0) is 5.41 Å². The fourth-order valence-corrected chi connectivity index (χ4v) is 8.12. The predicted octanol–water partition coefficient (Wildman–Crippen LogP) is 12.4. The Morgan fingerprint density at radius 3 is 1.90 bits per heavy atom. The number of rotatable bonds is 5. The molecule has 0 bridgehead atoms. The molecule has 3 nitrogen and oxygen atoms in total. The van der Waals surface area contributed by atoms with Gasteiger partial charge in [0.2, 0.25) is 0 Å². The van der Waals surface area contributed by atoms with Gasteiger partial charge in [0.25, 0.3) is 0 Å². The van der Waals surface area contributed by atoms with E-state index >= 15 is 0 Å². The van der Waals surface area contributed by atoms with E-state index in [4.69, 9.17) is 14.4 Å². The van der Waals surface area contributed by atoms with Crippen LogP contribution in [0.25, 0.3) is 78.1 Å². The molecule has 1 aliphatic rings. The van der Waals surface area contributed by atoms with Crippen molar-refractivity contribution < 1.29 is 4.42 Å². The molecule has 0 radical (unpaired) electrons. The lowest BCUT2D eigenvalue weighted by atomic mass is 9.74. The Balaban J connectivity index is 1.19. The average molecular weight is 653 g/mol. The summed E-state index contributed by atoms with van der Waals surface area (Å²) in [6.07, 6.45) is 0. The summed E-state index contributed by atoms with van der Waals surface area (Å²) < 4.78 is 6.30. The monoisotopic (exact) mass is 652 g/mol. The molecule has 0 spiro atoms. The van der Waals surface area contributed by atoms with Crippen LogP contribution in [0.1, 0.15) is 23.6 Å². The van der Waals surface area contributed by atoms with E-state index in [0.29, 0.717) is 5.82 Å². The number of hydrogen-bond donors (Lipinski definition) is 0. The van der Waals surface area contributed by atoms with E-state index in [1.165, 1.54) is 27.8 Å². The Bertz CT molecular complexity index is 2760. The number of fused-ring (bicyclic) bond motifs is 6. The Kier molecular flexibility index (Phi) is 6.62. The maximum absolute atomic E-state index is 6.30. The topological polar surface area (TPSA) is 38.9 Å². The van der Waals surface area contributed by atoms with Crippen molar-refractivity contribution in [1.29, 1.82) is 0 Å². The van der Waals surface area contributed by atoms with Crippen LogP contribution in [-0.4, -0.2) is 9.97 Å². The zero-order chi connectivity index (χ0) is 33.9. The molecule has 9 aromatic rings. The molecular weight excluding hydrogens is 621 g/mol. The third kappa shape index (κ3) is 4.59. The first-order chi connectivity index (χ1) is 25.2. The van der Waals surface area contributed by atoms with Crippen molar-refractivity contribution in [2.75, 3.05) is 0 Å². The van der Waals surface area contributed by atoms with Crippen molar-refractivity contribution in [2.24, 2.45) is 0 Å². The summed E-state index contributed by atoms with van der Waals surface area (Å²) in [5.74, 6) is 0.694. The van der Waals surface area contributed by atoms with Gasteiger partial charge in [0.05, 0.1) is 11.4 Å². The summed E-state index contributed by atoms with van der Waals surface area (Å²) in [7, 11) is 0. The van der Waals surface area contributed by atoms with E-state index in [-0.39, 0.29) is 5.41 Å². The molecule has 0 amide bonds. The Morgan fingerprint density at radius 2 is 1.06 bits per heavy atom. The predicted molar refractivity (Wildman–Crippen MR) is 208 cm³/mol. The number of nitrogens with zero attached hydrogens (tertiary/aromatic N) is 2. The van der Waals surface area contributed by atoms with Crippen molar-refractivity contribution >= 4 is 21.9 Å². The summed E-state index contributed by atoms with van der Waals surface area (Å²) in [5, 5.41) is 2.21. The quantitative estimate of drug-likeness (QED) is 0.186. The first-order valence-corrected chi connectivity index (χ1v) is 17.4. The molecule has 3 heteroatoms. The van der Waals surface area contributed by atoms with Gasteiger partial charge < -0.3 is 4.42 Å². The van der Waals surface area contributed by atoms with Gasteiger partial charge in [-0.1, -0.05) is 152 Å². The zero-order valence-corrected chi connectivity index (χ0v) is 28.0. The van der Waals surface area contributed by atoms with Crippen LogP contribution in [0.15, 0.2) is 180 Å². The molecule has 10 rings (SSSR count). The van der Waals surface area contributed by atoms with E-state index in [1.807, 2.05) is 36.4 Å². The van der Waals surface area contributed by atoms with Gasteiger partial charge in [-0.15, -0.1) is 0 Å². The van der Waals surface area contributed by atoms with Gasteiger partial charge >= 0.3 is 0 Å². The molecule has 2 heterocycles. The molecule has 0 fully saturated rings. The number of para-hydroxylation sites is 1. The summed E-state index contributed by atoms with van der Waals surface area (Å²) in [4.78, 5) is 10.5. The van der Waals surface area contributed by atoms with E-state index in [9.17, 15) is 0 Å². The van der Waals surface area contributed by atoms with Gasteiger partial charge in [0.15, 0.2) is 5.82 Å². The highest BCUT2D eigenvalue weighted by Gasteiger charge is 2.40. The molecule has 240 valence electrons. The Hall–Kier alpha value is -6.58. The van der Waals surface area contributed by atoms with Gasteiger partial charge in [-0.25, -0.2) is 9.97 Å². The molecule has 1 atom stereocenters. The van der Waals surface area contributed by atoms with E-state index in [2.05, 4.69) is 146 Å². The highest BCUT2D eigenvalue weighted by Crippen LogP contribution is 2.53. The van der Waals surface area contributed by atoms with Crippen LogP contribution in [0.3, 0.4) is 0 Å². The zero-order valence-electron chi connectivity index (χ0n) is 28.0.